The number of sulfone groups is 1. The molecule has 0 atom stereocenters. The van der Waals surface area contributed by atoms with Crippen molar-refractivity contribution < 1.29 is 27.4 Å². The first-order valence-electron chi connectivity index (χ1n) is 14.8. The Labute approximate surface area is 262 Å². The van der Waals surface area contributed by atoms with E-state index >= 15 is 0 Å². The Bertz CT molecular complexity index is 1530. The van der Waals surface area contributed by atoms with Crippen LogP contribution in [0.5, 0.6) is 11.5 Å². The highest BCUT2D eigenvalue weighted by atomic mass is 32.2. The van der Waals surface area contributed by atoms with E-state index in [4.69, 9.17) is 14.2 Å². The Morgan fingerprint density at radius 2 is 1.27 bits per heavy atom. The Balaban J connectivity index is 1.57. The van der Waals surface area contributed by atoms with E-state index in [0.717, 1.165) is 48.3 Å². The molecule has 0 aliphatic heterocycles. The molecular weight excluding hydrogens is 576 g/mol. The van der Waals surface area contributed by atoms with Crippen LogP contribution >= 0.6 is 0 Å². The van der Waals surface area contributed by atoms with Crippen LogP contribution in [-0.4, -0.2) is 45.2 Å². The first-order valence-corrected chi connectivity index (χ1v) is 16.5. The van der Waals surface area contributed by atoms with Crippen molar-refractivity contribution in [1.82, 2.24) is 9.97 Å². The van der Waals surface area contributed by atoms with Crippen molar-refractivity contribution in [3.8, 4) is 11.5 Å². The molecule has 0 saturated carbocycles. The van der Waals surface area contributed by atoms with Gasteiger partial charge in [-0.3, -0.25) is 14.8 Å². The van der Waals surface area contributed by atoms with Gasteiger partial charge in [0.2, 0.25) is 0 Å². The predicted octanol–water partition coefficient (Wildman–Crippen LogP) is 6.67. The third kappa shape index (κ3) is 10.3. The molecule has 0 saturated heterocycles. The summed E-state index contributed by atoms with van der Waals surface area (Å²) in [4.78, 5) is 21.2. The largest absolute Gasteiger partial charge is 0.496 e. The molecule has 3 aromatic rings. The van der Waals surface area contributed by atoms with Crippen molar-refractivity contribution in [1.29, 1.82) is 0 Å². The second-order valence-corrected chi connectivity index (χ2v) is 13.3. The molecule has 1 aromatic carbocycles. The average Bonchev–Trinajstić information content (AvgIpc) is 3.01. The molecule has 0 aliphatic carbocycles. The highest BCUT2D eigenvalue weighted by molar-refractivity contribution is 7.90. The number of esters is 1. The maximum absolute atomic E-state index is 13.0. The number of nitrogens with zero attached hydrogens (tertiary/aromatic N) is 2. The molecule has 0 N–H and O–H groups in total. The molecule has 236 valence electrons. The van der Waals surface area contributed by atoms with Crippen molar-refractivity contribution in [2.45, 2.75) is 69.9 Å². The number of allylic oxidation sites excluding steroid dienone is 3. The highest BCUT2D eigenvalue weighted by Crippen LogP contribution is 2.26. The number of benzene rings is 1. The zero-order valence-electron chi connectivity index (χ0n) is 26.4. The second-order valence-electron chi connectivity index (χ2n) is 11.4. The van der Waals surface area contributed by atoms with E-state index < -0.39 is 15.3 Å². The summed E-state index contributed by atoms with van der Waals surface area (Å²) in [5.41, 5.74) is 2.86. The first kappa shape index (κ1) is 34.5. The summed E-state index contributed by atoms with van der Waals surface area (Å²) in [7, 11) is -0.291. The third-order valence-corrected chi connectivity index (χ3v) is 8.64. The van der Waals surface area contributed by atoms with Crippen LogP contribution in [0.4, 0.5) is 0 Å². The minimum Gasteiger partial charge on any atom is -0.496 e. The Kier molecular flexibility index (Phi) is 13.1. The van der Waals surface area contributed by atoms with E-state index in [1.54, 1.807) is 63.0 Å². The van der Waals surface area contributed by atoms with Crippen molar-refractivity contribution in [2.75, 3.05) is 20.8 Å². The van der Waals surface area contributed by atoms with Gasteiger partial charge in [0.15, 0.2) is 9.84 Å². The van der Waals surface area contributed by atoms with Crippen molar-refractivity contribution in [3.63, 3.8) is 0 Å². The number of aromatic nitrogens is 2. The average molecular weight is 621 g/mol. The molecule has 44 heavy (non-hydrogen) atoms. The molecule has 0 fully saturated rings. The number of pyridine rings is 2. The lowest BCUT2D eigenvalue weighted by Crippen LogP contribution is -2.22. The van der Waals surface area contributed by atoms with Gasteiger partial charge in [0.1, 0.15) is 18.1 Å². The van der Waals surface area contributed by atoms with Gasteiger partial charge in [-0.2, -0.15) is 0 Å². The van der Waals surface area contributed by atoms with Crippen LogP contribution in [-0.2, 0) is 44.4 Å². The number of ether oxygens (including phenoxy) is 3. The Hall–Kier alpha value is -3.98. The maximum atomic E-state index is 13.0. The summed E-state index contributed by atoms with van der Waals surface area (Å²) < 4.78 is 42.5. The molecule has 0 bridgehead atoms. The van der Waals surface area contributed by atoms with E-state index in [-0.39, 0.29) is 23.2 Å². The quantitative estimate of drug-likeness (QED) is 0.129. The van der Waals surface area contributed by atoms with E-state index in [1.165, 1.54) is 0 Å². The van der Waals surface area contributed by atoms with Gasteiger partial charge in [-0.15, -0.1) is 0 Å². The fraction of sp³-hybridized carbons (Fsp3) is 0.400. The van der Waals surface area contributed by atoms with Gasteiger partial charge in [-0.1, -0.05) is 42.5 Å². The predicted molar refractivity (Wildman–Crippen MR) is 173 cm³/mol. The molecular formula is C35H44N2O6S. The molecule has 3 rings (SSSR count). The topological polar surface area (TPSA) is 105 Å². The summed E-state index contributed by atoms with van der Waals surface area (Å²) >= 11 is 0. The summed E-state index contributed by atoms with van der Waals surface area (Å²) in [6.45, 7) is 5.76. The number of carbonyl (C=O) groups is 1. The zero-order valence-corrected chi connectivity index (χ0v) is 27.2. The van der Waals surface area contributed by atoms with Crippen LogP contribution in [0.25, 0.3) is 0 Å². The molecule has 0 spiro atoms. The number of aryl methyl sites for hydroxylation is 1. The molecule has 0 radical (unpaired) electrons. The molecule has 9 heteroatoms. The number of hydrogen-bond donors (Lipinski definition) is 0. The number of rotatable bonds is 16. The van der Waals surface area contributed by atoms with Crippen molar-refractivity contribution >= 4 is 15.8 Å². The van der Waals surface area contributed by atoms with E-state index in [2.05, 4.69) is 22.1 Å². The van der Waals surface area contributed by atoms with Gasteiger partial charge in [0.25, 0.3) is 0 Å². The van der Waals surface area contributed by atoms with Crippen LogP contribution in [0, 0.1) is 5.41 Å². The normalized spacial score (nSPS) is 12.1. The standard InChI is InChI=1S/C35H44N2O6S/c1-35(2,3)34(38)43-25-15-9-13-18-28-30(36-23-21-32(28)41-4)20-14-7-6-12-19-29-31(37-24-22-33(29)42-5)26-44(39,40)27-16-10-8-11-17-27/h6-11,15-17,21-24H,12-14,18-20,25-26H2,1-5H3/b7-6-,15-9-. The lowest BCUT2D eigenvalue weighted by molar-refractivity contribution is -0.151. The molecule has 0 unspecified atom stereocenters. The summed E-state index contributed by atoms with van der Waals surface area (Å²) in [5, 5.41) is 0. The summed E-state index contributed by atoms with van der Waals surface area (Å²) in [6, 6.07) is 12.1. The smallest absolute Gasteiger partial charge is 0.311 e. The lowest BCUT2D eigenvalue weighted by Gasteiger charge is -2.15. The van der Waals surface area contributed by atoms with Crippen molar-refractivity contribution in [2.24, 2.45) is 5.41 Å². The van der Waals surface area contributed by atoms with Crippen LogP contribution in [0.1, 0.15) is 62.5 Å². The Morgan fingerprint density at radius 3 is 1.84 bits per heavy atom. The number of hydrogen-bond acceptors (Lipinski definition) is 8. The van der Waals surface area contributed by atoms with Crippen LogP contribution in [0.15, 0.2) is 84.1 Å². The van der Waals surface area contributed by atoms with Crippen molar-refractivity contribution in [3.05, 3.63) is 102 Å². The number of carbonyl (C=O) groups excluding carboxylic acids is 1. The van der Waals surface area contributed by atoms with E-state index in [1.807, 2.05) is 39.0 Å². The minimum atomic E-state index is -3.54. The maximum Gasteiger partial charge on any atom is 0.311 e. The van der Waals surface area contributed by atoms with Gasteiger partial charge < -0.3 is 14.2 Å². The second kappa shape index (κ2) is 16.8. The fourth-order valence-electron chi connectivity index (χ4n) is 4.62. The van der Waals surface area contributed by atoms with Gasteiger partial charge in [-0.05, 0) is 83.6 Å². The highest BCUT2D eigenvalue weighted by Gasteiger charge is 2.22. The van der Waals surface area contributed by atoms with Crippen LogP contribution in [0.2, 0.25) is 0 Å². The molecule has 2 aromatic heterocycles. The first-order chi connectivity index (χ1) is 21.1. The van der Waals surface area contributed by atoms with Gasteiger partial charge >= 0.3 is 5.97 Å². The SMILES string of the molecule is COc1ccnc(CC/C=C\CCc2c(OC)ccnc2CS(=O)(=O)c2ccccc2)c1CC/C=C\COC(=O)C(C)(C)C. The van der Waals surface area contributed by atoms with Gasteiger partial charge in [0.05, 0.1) is 36.0 Å². The third-order valence-electron chi connectivity index (χ3n) is 7.00. The zero-order chi connectivity index (χ0) is 32.0. The van der Waals surface area contributed by atoms with Gasteiger partial charge in [0, 0.05) is 29.2 Å². The van der Waals surface area contributed by atoms with E-state index in [9.17, 15) is 13.2 Å². The van der Waals surface area contributed by atoms with Crippen LogP contribution < -0.4 is 9.47 Å². The number of methoxy groups -OCH3 is 2. The molecule has 8 nitrogen and oxygen atoms in total. The summed E-state index contributed by atoms with van der Waals surface area (Å²) in [6.07, 6.45) is 15.9. The van der Waals surface area contributed by atoms with E-state index in [0.29, 0.717) is 24.3 Å². The molecule has 0 amide bonds. The molecule has 0 aliphatic rings. The minimum absolute atomic E-state index is 0.186. The van der Waals surface area contributed by atoms with Crippen LogP contribution in [0.3, 0.4) is 0 Å². The lowest BCUT2D eigenvalue weighted by atomic mass is 9.97. The monoisotopic (exact) mass is 620 g/mol. The Morgan fingerprint density at radius 1 is 0.750 bits per heavy atom. The fourth-order valence-corrected chi connectivity index (χ4v) is 5.96. The summed E-state index contributed by atoms with van der Waals surface area (Å²) in [5.74, 6) is 1.04. The molecule has 2 heterocycles. The van der Waals surface area contributed by atoms with Gasteiger partial charge in [-0.25, -0.2) is 8.42 Å².